The van der Waals surface area contributed by atoms with Gasteiger partial charge in [0.05, 0.1) is 24.8 Å². The molecule has 0 spiro atoms. The van der Waals surface area contributed by atoms with E-state index in [9.17, 15) is 15.0 Å². The number of aliphatic hydroxyl groups is 1. The van der Waals surface area contributed by atoms with Gasteiger partial charge in [0.15, 0.2) is 0 Å². The standard InChI is InChI=1S/C12H16N2O3/c1-8(2)12(17)6-14(7-12)11(16)9-3-4-13-5-10(9)15/h3-5,8,15,17H,6-7H2,1-2H3. The van der Waals surface area contributed by atoms with Crippen molar-refractivity contribution < 1.29 is 15.0 Å². The van der Waals surface area contributed by atoms with E-state index in [0.29, 0.717) is 13.1 Å². The molecule has 1 aliphatic rings. The Morgan fingerprint density at radius 1 is 1.53 bits per heavy atom. The van der Waals surface area contributed by atoms with Gasteiger partial charge in [0.2, 0.25) is 0 Å². The van der Waals surface area contributed by atoms with Crippen LogP contribution in [0.2, 0.25) is 0 Å². The van der Waals surface area contributed by atoms with Crippen LogP contribution in [0.25, 0.3) is 0 Å². The Morgan fingerprint density at radius 3 is 2.71 bits per heavy atom. The highest BCUT2D eigenvalue weighted by Gasteiger charge is 2.46. The Hall–Kier alpha value is -1.62. The maximum absolute atomic E-state index is 12.0. The second-order valence-corrected chi connectivity index (χ2v) is 4.81. The molecular weight excluding hydrogens is 220 g/mol. The second-order valence-electron chi connectivity index (χ2n) is 4.81. The monoisotopic (exact) mass is 236 g/mol. The number of aromatic hydroxyl groups is 1. The van der Waals surface area contributed by atoms with E-state index in [1.165, 1.54) is 23.4 Å². The lowest BCUT2D eigenvalue weighted by atomic mass is 9.82. The molecule has 0 aliphatic carbocycles. The van der Waals surface area contributed by atoms with Gasteiger partial charge >= 0.3 is 0 Å². The smallest absolute Gasteiger partial charge is 0.257 e. The van der Waals surface area contributed by atoms with Crippen molar-refractivity contribution >= 4 is 5.91 Å². The zero-order chi connectivity index (χ0) is 12.6. The van der Waals surface area contributed by atoms with Gasteiger partial charge in [-0.25, -0.2) is 0 Å². The number of pyridine rings is 1. The Morgan fingerprint density at radius 2 is 2.18 bits per heavy atom. The quantitative estimate of drug-likeness (QED) is 0.790. The number of β-amino-alcohol motifs (C(OH)–C–C–N with tert-alkyl or cyclic N) is 1. The molecule has 0 unspecified atom stereocenters. The fraction of sp³-hybridized carbons (Fsp3) is 0.500. The van der Waals surface area contributed by atoms with E-state index in [-0.39, 0.29) is 23.1 Å². The van der Waals surface area contributed by atoms with Crippen molar-refractivity contribution in [3.05, 3.63) is 24.0 Å². The van der Waals surface area contributed by atoms with Crippen molar-refractivity contribution in [2.24, 2.45) is 5.92 Å². The van der Waals surface area contributed by atoms with Crippen LogP contribution in [0.3, 0.4) is 0 Å². The molecule has 2 N–H and O–H groups in total. The van der Waals surface area contributed by atoms with Crippen LogP contribution in [0.1, 0.15) is 24.2 Å². The van der Waals surface area contributed by atoms with E-state index < -0.39 is 5.60 Å². The van der Waals surface area contributed by atoms with Crippen molar-refractivity contribution in [1.82, 2.24) is 9.88 Å². The van der Waals surface area contributed by atoms with Gasteiger partial charge in [-0.1, -0.05) is 13.8 Å². The normalized spacial score (nSPS) is 18.0. The molecule has 0 radical (unpaired) electrons. The number of amides is 1. The van der Waals surface area contributed by atoms with Crippen LogP contribution in [0.5, 0.6) is 5.75 Å². The minimum absolute atomic E-state index is 0.109. The summed E-state index contributed by atoms with van der Waals surface area (Å²) in [7, 11) is 0. The largest absolute Gasteiger partial charge is 0.505 e. The summed E-state index contributed by atoms with van der Waals surface area (Å²) < 4.78 is 0. The van der Waals surface area contributed by atoms with E-state index in [1.807, 2.05) is 13.8 Å². The minimum atomic E-state index is -0.793. The van der Waals surface area contributed by atoms with Crippen LogP contribution in [-0.4, -0.2) is 44.7 Å². The van der Waals surface area contributed by atoms with Crippen molar-refractivity contribution in [1.29, 1.82) is 0 Å². The number of carbonyl (C=O) groups excluding carboxylic acids is 1. The number of aromatic nitrogens is 1. The predicted octanol–water partition coefficient (Wildman–Crippen LogP) is 0.630. The molecule has 1 fully saturated rings. The molecule has 0 saturated carbocycles. The number of hydrogen-bond donors (Lipinski definition) is 2. The highest BCUT2D eigenvalue weighted by molar-refractivity contribution is 5.97. The van der Waals surface area contributed by atoms with Crippen molar-refractivity contribution in [2.45, 2.75) is 19.4 Å². The first kappa shape index (κ1) is 11.9. The fourth-order valence-corrected chi connectivity index (χ4v) is 1.86. The number of likely N-dealkylation sites (tertiary alicyclic amines) is 1. The summed E-state index contributed by atoms with van der Waals surface area (Å²) in [5.74, 6) is -0.287. The molecule has 0 atom stereocenters. The summed E-state index contributed by atoms with van der Waals surface area (Å²) in [5.41, 5.74) is -0.566. The van der Waals surface area contributed by atoms with Crippen LogP contribution in [-0.2, 0) is 0 Å². The summed E-state index contributed by atoms with van der Waals surface area (Å²) in [4.78, 5) is 17.2. The van der Waals surface area contributed by atoms with E-state index in [0.717, 1.165) is 0 Å². The summed E-state index contributed by atoms with van der Waals surface area (Å²) in [5, 5.41) is 19.6. The first-order valence-electron chi connectivity index (χ1n) is 5.58. The summed E-state index contributed by atoms with van der Waals surface area (Å²) >= 11 is 0. The molecule has 17 heavy (non-hydrogen) atoms. The van der Waals surface area contributed by atoms with Crippen LogP contribution in [0.4, 0.5) is 0 Å². The Balaban J connectivity index is 2.08. The Kier molecular flexibility index (Phi) is 2.79. The van der Waals surface area contributed by atoms with E-state index >= 15 is 0 Å². The van der Waals surface area contributed by atoms with Crippen LogP contribution in [0, 0.1) is 5.92 Å². The lowest BCUT2D eigenvalue weighted by molar-refractivity contribution is -0.110. The highest BCUT2D eigenvalue weighted by atomic mass is 16.3. The molecule has 2 rings (SSSR count). The van der Waals surface area contributed by atoms with Gasteiger partial charge in [-0.15, -0.1) is 0 Å². The Bertz CT molecular complexity index is 439. The SMILES string of the molecule is CC(C)C1(O)CN(C(=O)c2ccncc2O)C1. The number of carbonyl (C=O) groups is 1. The second kappa shape index (κ2) is 4.00. The van der Waals surface area contributed by atoms with E-state index in [1.54, 1.807) is 0 Å². The van der Waals surface area contributed by atoms with Gasteiger partial charge in [-0.05, 0) is 12.0 Å². The molecule has 1 aromatic rings. The summed E-state index contributed by atoms with van der Waals surface area (Å²) in [6.07, 6.45) is 2.70. The van der Waals surface area contributed by atoms with Gasteiger partial charge in [-0.3, -0.25) is 9.78 Å². The van der Waals surface area contributed by atoms with Gasteiger partial charge in [-0.2, -0.15) is 0 Å². The van der Waals surface area contributed by atoms with Gasteiger partial charge in [0, 0.05) is 6.20 Å². The average molecular weight is 236 g/mol. The van der Waals surface area contributed by atoms with E-state index in [2.05, 4.69) is 4.98 Å². The molecule has 1 aromatic heterocycles. The molecule has 1 saturated heterocycles. The molecule has 0 bridgehead atoms. The zero-order valence-corrected chi connectivity index (χ0v) is 9.92. The molecule has 5 heteroatoms. The minimum Gasteiger partial charge on any atom is -0.505 e. The van der Waals surface area contributed by atoms with Gasteiger partial charge in [0.1, 0.15) is 11.4 Å². The lowest BCUT2D eigenvalue weighted by Crippen LogP contribution is -2.65. The third-order valence-corrected chi connectivity index (χ3v) is 3.32. The molecule has 1 aliphatic heterocycles. The predicted molar refractivity (Wildman–Crippen MR) is 61.6 cm³/mol. The van der Waals surface area contributed by atoms with Crippen molar-refractivity contribution in [2.75, 3.05) is 13.1 Å². The van der Waals surface area contributed by atoms with Crippen LogP contribution < -0.4 is 0 Å². The summed E-state index contributed by atoms with van der Waals surface area (Å²) in [6, 6.07) is 1.48. The Labute approximate surface area is 99.7 Å². The van der Waals surface area contributed by atoms with Crippen molar-refractivity contribution in [3.63, 3.8) is 0 Å². The maximum atomic E-state index is 12.0. The average Bonchev–Trinajstić information content (AvgIpc) is 2.24. The fourth-order valence-electron chi connectivity index (χ4n) is 1.86. The lowest BCUT2D eigenvalue weighted by Gasteiger charge is -2.49. The van der Waals surface area contributed by atoms with E-state index in [4.69, 9.17) is 0 Å². The molecule has 1 amide bonds. The molecular formula is C12H16N2O3. The summed E-state index contributed by atoms with van der Waals surface area (Å²) in [6.45, 7) is 4.47. The van der Waals surface area contributed by atoms with Gasteiger partial charge < -0.3 is 15.1 Å². The number of nitrogens with zero attached hydrogens (tertiary/aromatic N) is 2. The molecule has 0 aromatic carbocycles. The third kappa shape index (κ3) is 1.98. The van der Waals surface area contributed by atoms with Crippen LogP contribution in [0.15, 0.2) is 18.5 Å². The third-order valence-electron chi connectivity index (χ3n) is 3.32. The molecule has 2 heterocycles. The highest BCUT2D eigenvalue weighted by Crippen LogP contribution is 2.30. The molecule has 5 nitrogen and oxygen atoms in total. The first-order valence-corrected chi connectivity index (χ1v) is 5.58. The molecule has 92 valence electrons. The van der Waals surface area contributed by atoms with Crippen molar-refractivity contribution in [3.8, 4) is 5.75 Å². The van der Waals surface area contributed by atoms with Gasteiger partial charge in [0.25, 0.3) is 5.91 Å². The number of rotatable bonds is 2. The first-order chi connectivity index (χ1) is 7.94. The maximum Gasteiger partial charge on any atom is 0.257 e. The van der Waals surface area contributed by atoms with Crippen LogP contribution >= 0.6 is 0 Å². The number of hydrogen-bond acceptors (Lipinski definition) is 4. The zero-order valence-electron chi connectivity index (χ0n) is 9.92. The topological polar surface area (TPSA) is 73.7 Å².